The Balaban J connectivity index is 1.70. The van der Waals surface area contributed by atoms with Gasteiger partial charge < -0.3 is 10.2 Å². The van der Waals surface area contributed by atoms with E-state index in [-0.39, 0.29) is 17.9 Å². The van der Waals surface area contributed by atoms with Crippen molar-refractivity contribution in [3.63, 3.8) is 0 Å². The molecule has 30 heavy (non-hydrogen) atoms. The molecule has 1 aliphatic carbocycles. The van der Waals surface area contributed by atoms with Crippen LogP contribution in [0.1, 0.15) is 38.2 Å². The molecular formula is C22H25N5O3. The highest BCUT2D eigenvalue weighted by Crippen LogP contribution is 2.36. The molecule has 2 heterocycles. The van der Waals surface area contributed by atoms with E-state index in [9.17, 15) is 20.3 Å². The zero-order chi connectivity index (χ0) is 21.3. The highest BCUT2D eigenvalue weighted by Gasteiger charge is 2.45. The molecule has 8 heteroatoms. The van der Waals surface area contributed by atoms with Gasteiger partial charge in [-0.2, -0.15) is 5.26 Å². The number of aliphatic hydroxyl groups excluding tert-OH is 1. The second-order valence-corrected chi connectivity index (χ2v) is 8.19. The number of rotatable bonds is 4. The third-order valence-electron chi connectivity index (χ3n) is 6.03. The summed E-state index contributed by atoms with van der Waals surface area (Å²) in [6.45, 7) is 1.11. The predicted octanol–water partition coefficient (Wildman–Crippen LogP) is 1.93. The van der Waals surface area contributed by atoms with E-state index >= 15 is 0 Å². The van der Waals surface area contributed by atoms with Crippen molar-refractivity contribution in [2.75, 3.05) is 6.61 Å². The van der Waals surface area contributed by atoms with E-state index in [0.717, 1.165) is 31.4 Å². The van der Waals surface area contributed by atoms with E-state index < -0.39 is 18.1 Å². The van der Waals surface area contributed by atoms with Gasteiger partial charge in [0, 0.05) is 6.21 Å². The Kier molecular flexibility index (Phi) is 5.41. The van der Waals surface area contributed by atoms with Crippen LogP contribution in [0.4, 0.5) is 5.69 Å². The van der Waals surface area contributed by atoms with Gasteiger partial charge in [-0.05, 0) is 43.5 Å². The van der Waals surface area contributed by atoms with E-state index in [1.165, 1.54) is 13.1 Å². The first-order chi connectivity index (χ1) is 14.4. The van der Waals surface area contributed by atoms with Crippen molar-refractivity contribution in [2.24, 2.45) is 21.8 Å². The number of aliphatic imine (C=N–C) groups is 2. The third-order valence-corrected chi connectivity index (χ3v) is 6.03. The van der Waals surface area contributed by atoms with Gasteiger partial charge in [-0.25, -0.2) is 9.98 Å². The molecule has 0 bridgehead atoms. The van der Waals surface area contributed by atoms with Crippen LogP contribution in [0.15, 0.2) is 46.0 Å². The van der Waals surface area contributed by atoms with Crippen LogP contribution < -0.4 is 5.43 Å². The molecule has 4 rings (SSSR count). The van der Waals surface area contributed by atoms with Crippen LogP contribution in [-0.2, 0) is 10.4 Å². The lowest BCUT2D eigenvalue weighted by atomic mass is 9.84. The van der Waals surface area contributed by atoms with Gasteiger partial charge in [-0.15, -0.1) is 0 Å². The van der Waals surface area contributed by atoms with E-state index in [1.807, 2.05) is 5.01 Å². The Morgan fingerprint density at radius 3 is 2.97 bits per heavy atom. The molecule has 2 fully saturated rings. The number of allylic oxidation sites excluding steroid dienone is 1. The third kappa shape index (κ3) is 3.62. The summed E-state index contributed by atoms with van der Waals surface area (Å²) in [5.74, 6) is -0.613. The number of carbonyl (C=O) groups excluding carboxylic acids is 1. The van der Waals surface area contributed by atoms with Gasteiger partial charge in [-0.3, -0.25) is 15.2 Å². The number of fused-ring (bicyclic) bond motifs is 1. The Morgan fingerprint density at radius 1 is 1.40 bits per heavy atom. The Bertz CT molecular complexity index is 975. The molecule has 3 aliphatic rings. The van der Waals surface area contributed by atoms with Crippen LogP contribution in [-0.4, -0.2) is 45.8 Å². The summed E-state index contributed by atoms with van der Waals surface area (Å²) >= 11 is 0. The molecule has 2 unspecified atom stereocenters. The monoisotopic (exact) mass is 407 g/mol. The summed E-state index contributed by atoms with van der Waals surface area (Å²) in [5.41, 5.74) is 3.73. The zero-order valence-electron chi connectivity index (χ0n) is 16.8. The van der Waals surface area contributed by atoms with Crippen molar-refractivity contribution < 1.29 is 15.0 Å². The van der Waals surface area contributed by atoms with Gasteiger partial charge in [0.1, 0.15) is 17.4 Å². The number of amides is 1. The van der Waals surface area contributed by atoms with Gasteiger partial charge in [-0.1, -0.05) is 25.0 Å². The smallest absolute Gasteiger partial charge is 0.262 e. The fourth-order valence-corrected chi connectivity index (χ4v) is 4.29. The molecule has 2 aliphatic heterocycles. The second kappa shape index (κ2) is 8.01. The van der Waals surface area contributed by atoms with Crippen molar-refractivity contribution in [3.05, 3.63) is 41.6 Å². The van der Waals surface area contributed by atoms with Gasteiger partial charge in [0.2, 0.25) is 0 Å². The van der Waals surface area contributed by atoms with E-state index in [2.05, 4.69) is 21.5 Å². The molecule has 156 valence electrons. The Labute approximate surface area is 175 Å². The van der Waals surface area contributed by atoms with Crippen LogP contribution in [0.5, 0.6) is 0 Å². The molecule has 0 aromatic heterocycles. The van der Waals surface area contributed by atoms with Gasteiger partial charge >= 0.3 is 0 Å². The number of aliphatic hydroxyl groups is 2. The minimum atomic E-state index is -1.39. The number of dihydropyridines is 1. The molecular weight excluding hydrogens is 382 g/mol. The maximum atomic E-state index is 12.6. The summed E-state index contributed by atoms with van der Waals surface area (Å²) in [6, 6.07) is 9.30. The Hall–Kier alpha value is -3.02. The van der Waals surface area contributed by atoms with Crippen LogP contribution in [0.3, 0.4) is 0 Å². The van der Waals surface area contributed by atoms with Crippen molar-refractivity contribution in [2.45, 2.75) is 44.2 Å². The SMILES string of the molecule is CC(O)(CO)c1cccc(N=C2NN([C@H]3CCCC[C@@H]3C#N)C3=CC=NC(=O)C32)c1. The molecule has 8 nitrogen and oxygen atoms in total. The molecule has 1 amide bonds. The van der Waals surface area contributed by atoms with Crippen molar-refractivity contribution >= 4 is 23.6 Å². The number of nitriles is 1. The lowest BCUT2D eigenvalue weighted by Crippen LogP contribution is -2.46. The number of nitrogens with zero attached hydrogens (tertiary/aromatic N) is 4. The minimum absolute atomic E-state index is 0.0362. The topological polar surface area (TPSA) is 121 Å². The van der Waals surface area contributed by atoms with Crippen molar-refractivity contribution in [1.29, 1.82) is 5.26 Å². The van der Waals surface area contributed by atoms with Crippen LogP contribution in [0, 0.1) is 23.2 Å². The summed E-state index contributed by atoms with van der Waals surface area (Å²) < 4.78 is 0. The van der Waals surface area contributed by atoms with Crippen LogP contribution in [0.25, 0.3) is 0 Å². The largest absolute Gasteiger partial charge is 0.393 e. The lowest BCUT2D eigenvalue weighted by molar-refractivity contribution is -0.119. The standard InChI is InChI=1S/C22H25N5O3/c1-22(30,13-28)15-6-4-7-16(11-15)25-20-19-18(9-10-24-21(19)29)27(26-20)17-8-3-2-5-14(17)12-23/h4,6-7,9-11,14,17,19,28,30H,2-3,5,8,13H2,1H3,(H,25,26)/t14-,17+,19?,22?/m1/s1. The average Bonchev–Trinajstić information content (AvgIpc) is 3.13. The maximum absolute atomic E-state index is 12.6. The number of amidine groups is 1. The molecule has 1 saturated carbocycles. The quantitative estimate of drug-likeness (QED) is 0.701. The molecule has 1 aromatic carbocycles. The summed E-state index contributed by atoms with van der Waals surface area (Å²) in [7, 11) is 0. The van der Waals surface area contributed by atoms with Crippen LogP contribution >= 0.6 is 0 Å². The number of nitrogens with one attached hydrogen (secondary N) is 1. The summed E-state index contributed by atoms with van der Waals surface area (Å²) in [4.78, 5) is 21.2. The van der Waals surface area contributed by atoms with E-state index in [0.29, 0.717) is 17.1 Å². The highest BCUT2D eigenvalue weighted by molar-refractivity contribution is 6.12. The number of hydrazine groups is 1. The number of hydrogen-bond acceptors (Lipinski definition) is 6. The number of carbonyl (C=O) groups is 1. The van der Waals surface area contributed by atoms with Crippen molar-refractivity contribution in [1.82, 2.24) is 10.4 Å². The highest BCUT2D eigenvalue weighted by atomic mass is 16.3. The fourth-order valence-electron chi connectivity index (χ4n) is 4.29. The van der Waals surface area contributed by atoms with Gasteiger partial charge in [0.25, 0.3) is 5.91 Å². The number of hydrogen-bond donors (Lipinski definition) is 3. The first-order valence-electron chi connectivity index (χ1n) is 10.2. The zero-order valence-corrected chi connectivity index (χ0v) is 16.8. The van der Waals surface area contributed by atoms with Crippen LogP contribution in [0.2, 0.25) is 0 Å². The molecule has 4 atom stereocenters. The number of benzene rings is 1. The van der Waals surface area contributed by atoms with Gasteiger partial charge in [0.15, 0.2) is 0 Å². The first kappa shape index (κ1) is 20.3. The van der Waals surface area contributed by atoms with E-state index in [4.69, 9.17) is 0 Å². The van der Waals surface area contributed by atoms with E-state index in [1.54, 1.807) is 30.3 Å². The minimum Gasteiger partial charge on any atom is -0.393 e. The molecule has 1 aromatic rings. The van der Waals surface area contributed by atoms with Gasteiger partial charge in [0.05, 0.1) is 36.0 Å². The predicted molar refractivity (Wildman–Crippen MR) is 112 cm³/mol. The van der Waals surface area contributed by atoms with Crippen molar-refractivity contribution in [3.8, 4) is 6.07 Å². The second-order valence-electron chi connectivity index (χ2n) is 8.19. The Morgan fingerprint density at radius 2 is 2.20 bits per heavy atom. The summed E-state index contributed by atoms with van der Waals surface area (Å²) in [6.07, 6.45) is 7.06. The summed E-state index contributed by atoms with van der Waals surface area (Å²) in [5, 5.41) is 31.3. The molecule has 3 N–H and O–H groups in total. The molecule has 0 radical (unpaired) electrons. The normalized spacial score (nSPS) is 29.1. The molecule has 1 saturated heterocycles. The maximum Gasteiger partial charge on any atom is 0.262 e. The average molecular weight is 407 g/mol. The lowest BCUT2D eigenvalue weighted by Gasteiger charge is -2.36. The first-order valence-corrected chi connectivity index (χ1v) is 10.2. The fraction of sp³-hybridized carbons (Fsp3) is 0.455. The molecule has 0 spiro atoms.